The molecule has 0 spiro atoms. The maximum absolute atomic E-state index is 5.60. The van der Waals surface area contributed by atoms with Crippen LogP contribution >= 0.6 is 27.3 Å². The van der Waals surface area contributed by atoms with Gasteiger partial charge in [0.1, 0.15) is 0 Å². The molecule has 0 aromatic carbocycles. The molecule has 4 nitrogen and oxygen atoms in total. The van der Waals surface area contributed by atoms with E-state index in [0.29, 0.717) is 0 Å². The summed E-state index contributed by atoms with van der Waals surface area (Å²) in [4.78, 5) is 1.25. The van der Waals surface area contributed by atoms with Crippen LogP contribution in [0.2, 0.25) is 0 Å². The zero-order valence-electron chi connectivity index (χ0n) is 9.56. The number of halogens is 1. The molecule has 92 valence electrons. The summed E-state index contributed by atoms with van der Waals surface area (Å²) in [6.45, 7) is 0. The molecule has 0 saturated heterocycles. The van der Waals surface area contributed by atoms with Crippen molar-refractivity contribution >= 4 is 27.3 Å². The van der Waals surface area contributed by atoms with Crippen LogP contribution in [0.25, 0.3) is 0 Å². The van der Waals surface area contributed by atoms with Crippen LogP contribution in [0.1, 0.15) is 22.9 Å². The second-order valence-electron chi connectivity index (χ2n) is 3.95. The molecule has 3 N–H and O–H groups in total. The summed E-state index contributed by atoms with van der Waals surface area (Å²) in [7, 11) is 1.93. The minimum absolute atomic E-state index is 0.200. The van der Waals surface area contributed by atoms with Gasteiger partial charge in [-0.25, -0.2) is 0 Å². The third-order valence-corrected chi connectivity index (χ3v) is 4.42. The minimum atomic E-state index is 0.200. The number of aryl methyl sites for hydroxylation is 2. The second-order valence-corrected chi connectivity index (χ2v) is 5.81. The summed E-state index contributed by atoms with van der Waals surface area (Å²) in [5.41, 5.74) is 4.11. The molecule has 0 bridgehead atoms. The largest absolute Gasteiger partial charge is 0.276 e. The fraction of sp³-hybridized carbons (Fsp3) is 0.364. The van der Waals surface area contributed by atoms with Crippen molar-refractivity contribution in [1.82, 2.24) is 15.2 Å². The molecule has 2 rings (SSSR count). The van der Waals surface area contributed by atoms with E-state index in [9.17, 15) is 0 Å². The standard InChI is InChI=1S/C11H15BrN4S/c1-16-6-8(5-14-16)2-3-10(15-13)11-4-9(12)7-17-11/h4-7,10,15H,2-3,13H2,1H3. The molecular formula is C11H15BrN4S. The molecule has 1 atom stereocenters. The lowest BCUT2D eigenvalue weighted by molar-refractivity contribution is 0.524. The number of hydrogen-bond acceptors (Lipinski definition) is 4. The molecule has 2 heterocycles. The molecule has 0 amide bonds. The van der Waals surface area contributed by atoms with E-state index < -0.39 is 0 Å². The van der Waals surface area contributed by atoms with Gasteiger partial charge >= 0.3 is 0 Å². The van der Waals surface area contributed by atoms with Crippen molar-refractivity contribution in [3.63, 3.8) is 0 Å². The maximum Gasteiger partial charge on any atom is 0.0556 e. The number of hydrogen-bond donors (Lipinski definition) is 2. The van der Waals surface area contributed by atoms with Gasteiger partial charge in [0.15, 0.2) is 0 Å². The normalized spacial score (nSPS) is 12.9. The summed E-state index contributed by atoms with van der Waals surface area (Å²) in [6, 6.07) is 2.31. The number of rotatable bonds is 5. The Labute approximate surface area is 113 Å². The number of hydrazine groups is 1. The van der Waals surface area contributed by atoms with Gasteiger partial charge in [-0.1, -0.05) is 0 Å². The van der Waals surface area contributed by atoms with E-state index in [1.807, 2.05) is 24.1 Å². The average molecular weight is 315 g/mol. The van der Waals surface area contributed by atoms with Crippen molar-refractivity contribution in [3.8, 4) is 0 Å². The Morgan fingerprint density at radius 1 is 1.65 bits per heavy atom. The molecule has 6 heteroatoms. The molecule has 0 radical (unpaired) electrons. The van der Waals surface area contributed by atoms with E-state index in [-0.39, 0.29) is 6.04 Å². The summed E-state index contributed by atoms with van der Waals surface area (Å²) in [5, 5.41) is 6.23. The Balaban J connectivity index is 1.96. The minimum Gasteiger partial charge on any atom is -0.276 e. The molecule has 0 saturated carbocycles. The quantitative estimate of drug-likeness (QED) is 0.658. The van der Waals surface area contributed by atoms with Crippen LogP contribution in [0.5, 0.6) is 0 Å². The Hall–Kier alpha value is -0.690. The zero-order valence-corrected chi connectivity index (χ0v) is 12.0. The van der Waals surface area contributed by atoms with Crippen LogP contribution in [0, 0.1) is 0 Å². The molecule has 0 aliphatic rings. The van der Waals surface area contributed by atoms with Crippen LogP contribution in [-0.2, 0) is 13.5 Å². The highest BCUT2D eigenvalue weighted by Gasteiger charge is 2.12. The predicted octanol–water partition coefficient (Wildman–Crippen LogP) is 2.38. The fourth-order valence-electron chi connectivity index (χ4n) is 1.73. The lowest BCUT2D eigenvalue weighted by Gasteiger charge is -2.13. The van der Waals surface area contributed by atoms with Crippen molar-refractivity contribution in [3.05, 3.63) is 38.8 Å². The fourth-order valence-corrected chi connectivity index (χ4v) is 3.27. The van der Waals surface area contributed by atoms with Crippen molar-refractivity contribution in [1.29, 1.82) is 0 Å². The van der Waals surface area contributed by atoms with E-state index in [4.69, 9.17) is 5.84 Å². The predicted molar refractivity (Wildman–Crippen MR) is 73.6 cm³/mol. The Bertz CT molecular complexity index is 479. The number of nitrogens with one attached hydrogen (secondary N) is 1. The highest BCUT2D eigenvalue weighted by atomic mass is 79.9. The number of nitrogens with two attached hydrogens (primary N) is 1. The van der Waals surface area contributed by atoms with Gasteiger partial charge in [-0.15, -0.1) is 11.3 Å². The summed E-state index contributed by atoms with van der Waals surface area (Å²) in [6.07, 6.45) is 5.88. The molecule has 17 heavy (non-hydrogen) atoms. The van der Waals surface area contributed by atoms with E-state index in [0.717, 1.165) is 17.3 Å². The summed E-state index contributed by atoms with van der Waals surface area (Å²) >= 11 is 5.17. The summed E-state index contributed by atoms with van der Waals surface area (Å²) in [5.74, 6) is 5.60. The third kappa shape index (κ3) is 3.38. The Morgan fingerprint density at radius 3 is 3.00 bits per heavy atom. The van der Waals surface area contributed by atoms with Crippen molar-refractivity contribution in [2.45, 2.75) is 18.9 Å². The van der Waals surface area contributed by atoms with Gasteiger partial charge in [0.05, 0.1) is 12.2 Å². The van der Waals surface area contributed by atoms with Gasteiger partial charge in [-0.3, -0.25) is 16.0 Å². The molecule has 2 aromatic heterocycles. The van der Waals surface area contributed by atoms with Crippen LogP contribution in [0.15, 0.2) is 28.3 Å². The van der Waals surface area contributed by atoms with Gasteiger partial charge in [-0.2, -0.15) is 5.10 Å². The van der Waals surface area contributed by atoms with Gasteiger partial charge in [0, 0.05) is 28.0 Å². The first-order valence-electron chi connectivity index (χ1n) is 5.36. The summed E-state index contributed by atoms with van der Waals surface area (Å²) < 4.78 is 2.93. The lowest BCUT2D eigenvalue weighted by atomic mass is 10.1. The van der Waals surface area contributed by atoms with E-state index in [1.54, 1.807) is 11.3 Å². The van der Waals surface area contributed by atoms with Crippen molar-refractivity contribution in [2.75, 3.05) is 0 Å². The zero-order chi connectivity index (χ0) is 12.3. The number of nitrogens with zero attached hydrogens (tertiary/aromatic N) is 2. The first-order valence-corrected chi connectivity index (χ1v) is 7.04. The second kappa shape index (κ2) is 5.77. The van der Waals surface area contributed by atoms with E-state index in [1.165, 1.54) is 10.4 Å². The molecule has 0 aliphatic carbocycles. The van der Waals surface area contributed by atoms with Gasteiger partial charge in [-0.05, 0) is 40.4 Å². The lowest BCUT2D eigenvalue weighted by Crippen LogP contribution is -2.27. The van der Waals surface area contributed by atoms with Crippen LogP contribution in [0.4, 0.5) is 0 Å². The van der Waals surface area contributed by atoms with Gasteiger partial charge < -0.3 is 0 Å². The monoisotopic (exact) mass is 314 g/mol. The molecule has 2 aromatic rings. The SMILES string of the molecule is Cn1cc(CCC(NN)c2cc(Br)cs2)cn1. The molecule has 0 aliphatic heterocycles. The van der Waals surface area contributed by atoms with Gasteiger partial charge in [0.2, 0.25) is 0 Å². The third-order valence-electron chi connectivity index (χ3n) is 2.61. The Morgan fingerprint density at radius 2 is 2.47 bits per heavy atom. The highest BCUT2D eigenvalue weighted by Crippen LogP contribution is 2.27. The van der Waals surface area contributed by atoms with Crippen molar-refractivity contribution < 1.29 is 0 Å². The van der Waals surface area contributed by atoms with E-state index >= 15 is 0 Å². The number of aromatic nitrogens is 2. The molecular weight excluding hydrogens is 300 g/mol. The number of thiophene rings is 1. The maximum atomic E-state index is 5.60. The van der Waals surface area contributed by atoms with E-state index in [2.05, 4.69) is 37.9 Å². The topological polar surface area (TPSA) is 55.9 Å². The van der Waals surface area contributed by atoms with Crippen LogP contribution in [0.3, 0.4) is 0 Å². The highest BCUT2D eigenvalue weighted by molar-refractivity contribution is 9.10. The Kier molecular flexibility index (Phi) is 4.33. The first kappa shape index (κ1) is 12.8. The smallest absolute Gasteiger partial charge is 0.0556 e. The molecule has 0 fully saturated rings. The van der Waals surface area contributed by atoms with Crippen molar-refractivity contribution in [2.24, 2.45) is 12.9 Å². The van der Waals surface area contributed by atoms with Gasteiger partial charge in [0.25, 0.3) is 0 Å². The molecule has 1 unspecified atom stereocenters. The average Bonchev–Trinajstić information content (AvgIpc) is 2.89. The van der Waals surface area contributed by atoms with Crippen LogP contribution in [-0.4, -0.2) is 9.78 Å². The van der Waals surface area contributed by atoms with Crippen LogP contribution < -0.4 is 11.3 Å². The first-order chi connectivity index (χ1) is 8.19.